The van der Waals surface area contributed by atoms with Gasteiger partial charge in [-0.1, -0.05) is 22.0 Å². The quantitative estimate of drug-likeness (QED) is 0.869. The lowest BCUT2D eigenvalue weighted by atomic mass is 10.3. The third-order valence-electron chi connectivity index (χ3n) is 1.22. The topological polar surface area (TPSA) is 29.5 Å². The summed E-state index contributed by atoms with van der Waals surface area (Å²) in [5.41, 5.74) is 0. The third-order valence-corrected chi connectivity index (χ3v) is 1.71. The van der Waals surface area contributed by atoms with Crippen molar-refractivity contribution in [2.45, 2.75) is 13.8 Å². The smallest absolute Gasteiger partial charge is 0.116 e. The summed E-state index contributed by atoms with van der Waals surface area (Å²) in [5, 5.41) is 8.78. The van der Waals surface area contributed by atoms with E-state index in [1.54, 1.807) is 18.2 Å². The monoisotopic (exact) mass is 246 g/mol. The molecule has 0 heterocycles. The molecule has 0 aliphatic rings. The number of ether oxygens (including phenoxy) is 1. The van der Waals surface area contributed by atoms with E-state index < -0.39 is 0 Å². The fraction of sp³-hybridized carbons (Fsp3) is 0.400. The summed E-state index contributed by atoms with van der Waals surface area (Å²) in [6, 6.07) is 6.91. The Kier molecular flexibility index (Phi) is 7.74. The van der Waals surface area contributed by atoms with Gasteiger partial charge in [-0.15, -0.1) is 0 Å². The van der Waals surface area contributed by atoms with Crippen molar-refractivity contribution in [1.82, 2.24) is 0 Å². The van der Waals surface area contributed by atoms with E-state index in [9.17, 15) is 0 Å². The van der Waals surface area contributed by atoms with Crippen LogP contribution in [0.15, 0.2) is 28.7 Å². The van der Waals surface area contributed by atoms with Gasteiger partial charge in [0.05, 0.1) is 0 Å². The minimum absolute atomic E-state index is 0.291. The SMILES string of the molecule is CCOCC.Oc1cccc(Br)c1. The Labute approximate surface area is 87.7 Å². The van der Waals surface area contributed by atoms with Crippen LogP contribution < -0.4 is 0 Å². The van der Waals surface area contributed by atoms with Crippen LogP contribution in [-0.2, 0) is 4.74 Å². The summed E-state index contributed by atoms with van der Waals surface area (Å²) in [7, 11) is 0. The highest BCUT2D eigenvalue weighted by atomic mass is 79.9. The first-order valence-corrected chi connectivity index (χ1v) is 5.02. The Morgan fingerprint density at radius 1 is 1.31 bits per heavy atom. The molecule has 2 nitrogen and oxygen atoms in total. The van der Waals surface area contributed by atoms with Crippen molar-refractivity contribution < 1.29 is 9.84 Å². The molecule has 1 N–H and O–H groups in total. The van der Waals surface area contributed by atoms with Gasteiger partial charge in [0, 0.05) is 17.7 Å². The van der Waals surface area contributed by atoms with E-state index in [0.717, 1.165) is 17.7 Å². The van der Waals surface area contributed by atoms with Crippen molar-refractivity contribution in [1.29, 1.82) is 0 Å². The molecule has 0 spiro atoms. The van der Waals surface area contributed by atoms with Gasteiger partial charge in [-0.3, -0.25) is 0 Å². The zero-order valence-corrected chi connectivity index (χ0v) is 9.54. The molecule has 0 aliphatic heterocycles. The molecule has 0 bridgehead atoms. The molecule has 1 aromatic carbocycles. The number of halogens is 1. The van der Waals surface area contributed by atoms with Gasteiger partial charge in [-0.05, 0) is 32.0 Å². The van der Waals surface area contributed by atoms with Crippen LogP contribution in [0.3, 0.4) is 0 Å². The van der Waals surface area contributed by atoms with Gasteiger partial charge in [0.1, 0.15) is 5.75 Å². The van der Waals surface area contributed by atoms with E-state index in [1.165, 1.54) is 0 Å². The summed E-state index contributed by atoms with van der Waals surface area (Å²) < 4.78 is 5.73. The second-order valence-electron chi connectivity index (χ2n) is 2.26. The van der Waals surface area contributed by atoms with Gasteiger partial charge in [0.25, 0.3) is 0 Å². The molecule has 3 heteroatoms. The molecule has 0 amide bonds. The van der Waals surface area contributed by atoms with Gasteiger partial charge in [-0.25, -0.2) is 0 Å². The Bertz CT molecular complexity index is 207. The summed E-state index contributed by atoms with van der Waals surface area (Å²) in [5.74, 6) is 0.291. The first-order chi connectivity index (χ1) is 6.20. The van der Waals surface area contributed by atoms with Crippen LogP contribution >= 0.6 is 15.9 Å². The lowest BCUT2D eigenvalue weighted by Crippen LogP contribution is -1.84. The van der Waals surface area contributed by atoms with Gasteiger partial charge >= 0.3 is 0 Å². The molecular weight excluding hydrogens is 232 g/mol. The predicted octanol–water partition coefficient (Wildman–Crippen LogP) is 3.20. The number of phenols is 1. The second-order valence-corrected chi connectivity index (χ2v) is 3.18. The van der Waals surface area contributed by atoms with Crippen LogP contribution in [0.5, 0.6) is 5.75 Å². The Morgan fingerprint density at radius 3 is 2.15 bits per heavy atom. The Balaban J connectivity index is 0.000000252. The summed E-state index contributed by atoms with van der Waals surface area (Å²) >= 11 is 3.20. The largest absolute Gasteiger partial charge is 0.508 e. The highest BCUT2D eigenvalue weighted by Crippen LogP contribution is 2.15. The third kappa shape index (κ3) is 7.81. The summed E-state index contributed by atoms with van der Waals surface area (Å²) in [6.45, 7) is 5.67. The number of benzene rings is 1. The molecule has 0 aliphatic carbocycles. The molecule has 74 valence electrons. The van der Waals surface area contributed by atoms with Crippen LogP contribution in [0.1, 0.15) is 13.8 Å². The van der Waals surface area contributed by atoms with E-state index in [-0.39, 0.29) is 0 Å². The van der Waals surface area contributed by atoms with Crippen molar-refractivity contribution in [2.24, 2.45) is 0 Å². The van der Waals surface area contributed by atoms with Crippen LogP contribution in [0.2, 0.25) is 0 Å². The zero-order valence-electron chi connectivity index (χ0n) is 7.96. The Hall–Kier alpha value is -0.540. The average molecular weight is 247 g/mol. The predicted molar refractivity (Wildman–Crippen MR) is 58.0 cm³/mol. The fourth-order valence-electron chi connectivity index (χ4n) is 0.680. The van der Waals surface area contributed by atoms with Crippen molar-refractivity contribution in [2.75, 3.05) is 13.2 Å². The molecule has 0 saturated heterocycles. The molecule has 13 heavy (non-hydrogen) atoms. The number of aromatic hydroxyl groups is 1. The second kappa shape index (κ2) is 8.08. The first-order valence-electron chi connectivity index (χ1n) is 4.23. The molecule has 1 aromatic rings. The van der Waals surface area contributed by atoms with E-state index in [2.05, 4.69) is 15.9 Å². The van der Waals surface area contributed by atoms with Gasteiger partial charge in [-0.2, -0.15) is 0 Å². The minimum Gasteiger partial charge on any atom is -0.508 e. The molecule has 0 atom stereocenters. The van der Waals surface area contributed by atoms with Crippen LogP contribution in [0.25, 0.3) is 0 Å². The Morgan fingerprint density at radius 2 is 1.92 bits per heavy atom. The zero-order chi connectivity index (χ0) is 10.1. The maximum atomic E-state index is 8.78. The maximum absolute atomic E-state index is 8.78. The molecular formula is C10H15BrO2. The minimum atomic E-state index is 0.291. The van der Waals surface area contributed by atoms with Crippen LogP contribution in [-0.4, -0.2) is 18.3 Å². The number of phenolic OH excluding ortho intramolecular Hbond substituents is 1. The number of rotatable bonds is 2. The molecule has 0 saturated carbocycles. The van der Waals surface area contributed by atoms with Gasteiger partial charge in [0.15, 0.2) is 0 Å². The molecule has 0 unspecified atom stereocenters. The highest BCUT2D eigenvalue weighted by Gasteiger charge is 1.84. The molecule has 1 rings (SSSR count). The highest BCUT2D eigenvalue weighted by molar-refractivity contribution is 9.10. The van der Waals surface area contributed by atoms with E-state index >= 15 is 0 Å². The van der Waals surface area contributed by atoms with E-state index in [4.69, 9.17) is 9.84 Å². The molecule has 0 aromatic heterocycles. The average Bonchev–Trinajstić information content (AvgIpc) is 2.06. The molecule has 0 radical (unpaired) electrons. The van der Waals surface area contributed by atoms with Crippen molar-refractivity contribution in [3.05, 3.63) is 28.7 Å². The lowest BCUT2D eigenvalue weighted by Gasteiger charge is -1.88. The van der Waals surface area contributed by atoms with Crippen molar-refractivity contribution >= 4 is 15.9 Å². The normalized spacial score (nSPS) is 8.85. The van der Waals surface area contributed by atoms with E-state index in [0.29, 0.717) is 5.75 Å². The number of hydrogen-bond donors (Lipinski definition) is 1. The molecule has 0 fully saturated rings. The van der Waals surface area contributed by atoms with Crippen molar-refractivity contribution in [3.63, 3.8) is 0 Å². The lowest BCUT2D eigenvalue weighted by molar-refractivity contribution is 0.162. The maximum Gasteiger partial charge on any atom is 0.116 e. The standard InChI is InChI=1S/C6H5BrO.C4H10O/c7-5-2-1-3-6(8)4-5;1-3-5-4-2/h1-4,8H;3-4H2,1-2H3. The van der Waals surface area contributed by atoms with E-state index in [1.807, 2.05) is 19.9 Å². The van der Waals surface area contributed by atoms with Crippen LogP contribution in [0, 0.1) is 0 Å². The fourth-order valence-corrected chi connectivity index (χ4v) is 1.07. The number of hydrogen-bond acceptors (Lipinski definition) is 2. The van der Waals surface area contributed by atoms with Crippen molar-refractivity contribution in [3.8, 4) is 5.75 Å². The first kappa shape index (κ1) is 12.5. The van der Waals surface area contributed by atoms with Gasteiger partial charge < -0.3 is 9.84 Å². The summed E-state index contributed by atoms with van der Waals surface area (Å²) in [4.78, 5) is 0. The van der Waals surface area contributed by atoms with Crippen LogP contribution in [0.4, 0.5) is 0 Å². The van der Waals surface area contributed by atoms with Gasteiger partial charge in [0.2, 0.25) is 0 Å². The summed E-state index contributed by atoms with van der Waals surface area (Å²) in [6.07, 6.45) is 0.